The predicted octanol–water partition coefficient (Wildman–Crippen LogP) is 4.86. The van der Waals surface area contributed by atoms with Crippen LogP contribution in [0.3, 0.4) is 0 Å². The first-order chi connectivity index (χ1) is 10.7. The summed E-state index contributed by atoms with van der Waals surface area (Å²) in [5, 5.41) is 5.55. The molecule has 0 atom stereocenters. The highest BCUT2D eigenvalue weighted by atomic mass is 19.4. The van der Waals surface area contributed by atoms with E-state index < -0.39 is 40.1 Å². The Hall–Kier alpha value is -2.51. The molecule has 0 unspecified atom stereocenters. The van der Waals surface area contributed by atoms with Crippen LogP contribution in [0.25, 0.3) is 10.9 Å². The molecule has 1 heterocycles. The van der Waals surface area contributed by atoms with E-state index in [4.69, 9.17) is 0 Å². The normalized spacial score (nSPS) is 12.8. The molecule has 0 aliphatic carbocycles. The Morgan fingerprint density at radius 2 is 1.57 bits per heavy atom. The zero-order chi connectivity index (χ0) is 16.8. The Bertz CT molecular complexity index is 866. The summed E-state index contributed by atoms with van der Waals surface area (Å²) in [4.78, 5) is 0. The first kappa shape index (κ1) is 15.4. The Morgan fingerprint density at radius 1 is 0.870 bits per heavy atom. The highest BCUT2D eigenvalue weighted by Crippen LogP contribution is 2.45. The van der Waals surface area contributed by atoms with Crippen LogP contribution in [0.2, 0.25) is 0 Å². The van der Waals surface area contributed by atoms with Gasteiger partial charge in [-0.2, -0.15) is 27.1 Å². The topological polar surface area (TPSA) is 28.7 Å². The van der Waals surface area contributed by atoms with Gasteiger partial charge in [-0.25, -0.2) is 4.39 Å². The van der Waals surface area contributed by atoms with E-state index in [0.29, 0.717) is 6.07 Å². The number of nitrogens with zero attached hydrogens (tertiary/aromatic N) is 1. The number of rotatable bonds is 2. The molecule has 1 N–H and O–H groups in total. The number of fused-ring (bicyclic) bond motifs is 1. The van der Waals surface area contributed by atoms with Crippen LogP contribution in [0.1, 0.15) is 16.7 Å². The minimum absolute atomic E-state index is 0.0328. The van der Waals surface area contributed by atoms with Gasteiger partial charge in [0.05, 0.1) is 22.8 Å². The summed E-state index contributed by atoms with van der Waals surface area (Å²) in [5.74, 6) is -5.44. The molecule has 0 bridgehead atoms. The molecule has 120 valence electrons. The number of alkyl halides is 5. The molecule has 0 aliphatic rings. The lowest BCUT2D eigenvalue weighted by Crippen LogP contribution is -2.23. The molecule has 23 heavy (non-hydrogen) atoms. The number of H-pyrrole nitrogens is 1. The van der Waals surface area contributed by atoms with Gasteiger partial charge in [-0.05, 0) is 12.1 Å². The van der Waals surface area contributed by atoms with Gasteiger partial charge in [-0.3, -0.25) is 5.10 Å². The minimum Gasteiger partial charge on any atom is -0.277 e. The van der Waals surface area contributed by atoms with Crippen molar-refractivity contribution in [3.05, 3.63) is 65.1 Å². The van der Waals surface area contributed by atoms with Crippen LogP contribution < -0.4 is 0 Å². The maximum atomic E-state index is 14.6. The van der Waals surface area contributed by atoms with E-state index in [9.17, 15) is 26.3 Å². The SMILES string of the molecule is Fc1ccccc1C(F)(F)c1ccc2cn[nH]c2c1C(F)(F)F. The highest BCUT2D eigenvalue weighted by molar-refractivity contribution is 5.83. The number of benzene rings is 2. The highest BCUT2D eigenvalue weighted by Gasteiger charge is 2.46. The second-order valence-electron chi connectivity index (χ2n) is 4.87. The lowest BCUT2D eigenvalue weighted by atomic mass is 9.93. The van der Waals surface area contributed by atoms with Crippen LogP contribution in [0, 0.1) is 5.82 Å². The molecule has 0 saturated heterocycles. The molecule has 2 nitrogen and oxygen atoms in total. The van der Waals surface area contributed by atoms with Gasteiger partial charge in [0.15, 0.2) is 0 Å². The first-order valence-corrected chi connectivity index (χ1v) is 6.39. The Kier molecular flexibility index (Phi) is 3.35. The van der Waals surface area contributed by atoms with Gasteiger partial charge in [0.25, 0.3) is 0 Å². The molecular weight excluding hydrogens is 322 g/mol. The van der Waals surface area contributed by atoms with Gasteiger partial charge < -0.3 is 0 Å². The minimum atomic E-state index is -5.06. The Morgan fingerprint density at radius 3 is 2.22 bits per heavy atom. The van der Waals surface area contributed by atoms with Gasteiger partial charge in [-0.15, -0.1) is 0 Å². The van der Waals surface area contributed by atoms with Gasteiger partial charge in [0, 0.05) is 10.9 Å². The Balaban J connectivity index is 2.33. The fourth-order valence-electron chi connectivity index (χ4n) is 2.43. The van der Waals surface area contributed by atoms with Gasteiger partial charge in [0.2, 0.25) is 0 Å². The van der Waals surface area contributed by atoms with Crippen LogP contribution in [0.4, 0.5) is 26.3 Å². The molecule has 0 spiro atoms. The van der Waals surface area contributed by atoms with Crippen molar-refractivity contribution in [3.8, 4) is 0 Å². The molecule has 2 aromatic carbocycles. The number of aromatic nitrogens is 2. The molecule has 0 saturated carbocycles. The van der Waals surface area contributed by atoms with E-state index in [-0.39, 0.29) is 5.39 Å². The van der Waals surface area contributed by atoms with E-state index in [1.54, 1.807) is 0 Å². The van der Waals surface area contributed by atoms with Crippen molar-refractivity contribution in [1.29, 1.82) is 0 Å². The smallest absolute Gasteiger partial charge is 0.277 e. The average Bonchev–Trinajstić information content (AvgIpc) is 2.93. The van der Waals surface area contributed by atoms with Crippen LogP contribution in [0.5, 0.6) is 0 Å². The van der Waals surface area contributed by atoms with Crippen molar-refractivity contribution >= 4 is 10.9 Å². The van der Waals surface area contributed by atoms with Crippen molar-refractivity contribution in [3.63, 3.8) is 0 Å². The molecule has 0 amide bonds. The summed E-state index contributed by atoms with van der Waals surface area (Å²) >= 11 is 0. The van der Waals surface area contributed by atoms with E-state index in [2.05, 4.69) is 10.2 Å². The third kappa shape index (κ3) is 2.43. The van der Waals surface area contributed by atoms with Crippen LogP contribution in [0.15, 0.2) is 42.6 Å². The number of hydrogen-bond donors (Lipinski definition) is 1. The second-order valence-corrected chi connectivity index (χ2v) is 4.87. The molecule has 8 heteroatoms. The van der Waals surface area contributed by atoms with Crippen molar-refractivity contribution in [1.82, 2.24) is 10.2 Å². The standard InChI is InChI=1S/C15H8F6N2/c16-11-4-2-1-3-9(11)14(17,18)10-6-5-8-7-22-23-13(8)12(10)15(19,20)21/h1-7H,(H,22,23). The molecule has 3 rings (SSSR count). The second kappa shape index (κ2) is 5.00. The molecule has 1 aromatic heterocycles. The largest absolute Gasteiger partial charge is 0.418 e. The third-order valence-corrected chi connectivity index (χ3v) is 3.45. The first-order valence-electron chi connectivity index (χ1n) is 6.39. The van der Waals surface area contributed by atoms with E-state index >= 15 is 0 Å². The maximum Gasteiger partial charge on any atom is 0.418 e. The van der Waals surface area contributed by atoms with Crippen LogP contribution >= 0.6 is 0 Å². The summed E-state index contributed by atoms with van der Waals surface area (Å²) in [6.07, 6.45) is -3.97. The fourth-order valence-corrected chi connectivity index (χ4v) is 2.43. The van der Waals surface area contributed by atoms with Gasteiger partial charge >= 0.3 is 12.1 Å². The predicted molar refractivity (Wildman–Crippen MR) is 70.5 cm³/mol. The zero-order valence-electron chi connectivity index (χ0n) is 11.3. The zero-order valence-corrected chi connectivity index (χ0v) is 11.3. The van der Waals surface area contributed by atoms with Crippen molar-refractivity contribution < 1.29 is 26.3 Å². The summed E-state index contributed by atoms with van der Waals surface area (Å²) < 4.78 is 82.9. The lowest BCUT2D eigenvalue weighted by Gasteiger charge is -2.22. The average molecular weight is 330 g/mol. The molecule has 0 aliphatic heterocycles. The van der Waals surface area contributed by atoms with Crippen LogP contribution in [-0.2, 0) is 12.1 Å². The van der Waals surface area contributed by atoms with E-state index in [1.165, 1.54) is 6.07 Å². The van der Waals surface area contributed by atoms with E-state index in [0.717, 1.165) is 30.5 Å². The third-order valence-electron chi connectivity index (χ3n) is 3.45. The van der Waals surface area contributed by atoms with Crippen molar-refractivity contribution in [2.45, 2.75) is 12.1 Å². The molecule has 3 aromatic rings. The summed E-state index contributed by atoms with van der Waals surface area (Å²) in [7, 11) is 0. The number of nitrogens with one attached hydrogen (secondary N) is 1. The Labute approximate surface area is 125 Å². The van der Waals surface area contributed by atoms with Crippen molar-refractivity contribution in [2.24, 2.45) is 0 Å². The molecular formula is C15H8F6N2. The van der Waals surface area contributed by atoms with E-state index in [1.807, 2.05) is 0 Å². The molecule has 0 radical (unpaired) electrons. The summed E-state index contributed by atoms with van der Waals surface area (Å²) in [6, 6.07) is 5.56. The van der Waals surface area contributed by atoms with Gasteiger partial charge in [-0.1, -0.05) is 24.3 Å². The van der Waals surface area contributed by atoms with Crippen molar-refractivity contribution in [2.75, 3.05) is 0 Å². The molecule has 0 fully saturated rings. The quantitative estimate of drug-likeness (QED) is 0.668. The summed E-state index contributed by atoms with van der Waals surface area (Å²) in [5.41, 5.74) is -4.57. The monoisotopic (exact) mass is 330 g/mol. The number of hydrogen-bond acceptors (Lipinski definition) is 1. The van der Waals surface area contributed by atoms with Crippen LogP contribution in [-0.4, -0.2) is 10.2 Å². The lowest BCUT2D eigenvalue weighted by molar-refractivity contribution is -0.139. The summed E-state index contributed by atoms with van der Waals surface area (Å²) in [6.45, 7) is 0. The number of halogens is 6. The maximum absolute atomic E-state index is 14.6. The van der Waals surface area contributed by atoms with Gasteiger partial charge in [0.1, 0.15) is 5.82 Å². The number of aromatic amines is 1. The fraction of sp³-hybridized carbons (Fsp3) is 0.133.